The molecule has 1 N–H and O–H groups in total. The van der Waals surface area contributed by atoms with Crippen LogP contribution in [0.1, 0.15) is 34.8 Å². The topological polar surface area (TPSA) is 74.8 Å². The average Bonchev–Trinajstić information content (AvgIpc) is 3.45. The Bertz CT molecular complexity index is 1010. The van der Waals surface area contributed by atoms with Crippen LogP contribution in [0.5, 0.6) is 0 Å². The minimum Gasteiger partial charge on any atom is -0.448 e. The van der Waals surface area contributed by atoms with Crippen LogP contribution in [-0.4, -0.2) is 59.1 Å². The van der Waals surface area contributed by atoms with Crippen LogP contribution >= 0.6 is 11.6 Å². The molecule has 3 aliphatic rings. The molecule has 30 heavy (non-hydrogen) atoms. The summed E-state index contributed by atoms with van der Waals surface area (Å²) in [7, 11) is 0. The van der Waals surface area contributed by atoms with Gasteiger partial charge in [-0.15, -0.1) is 0 Å². The van der Waals surface area contributed by atoms with Crippen LogP contribution in [0.4, 0.5) is 10.6 Å². The molecule has 5 rings (SSSR count). The lowest BCUT2D eigenvalue weighted by Crippen LogP contribution is -2.39. The molecule has 2 atom stereocenters. The van der Waals surface area contributed by atoms with Crippen molar-refractivity contribution in [3.63, 3.8) is 0 Å². The Balaban J connectivity index is 1.31. The molecular weight excluding hydrogens is 404 g/mol. The third-order valence-electron chi connectivity index (χ3n) is 6.32. The molecule has 3 aliphatic heterocycles. The number of carbonyl (C=O) groups excluding carboxylic acids is 2. The van der Waals surface area contributed by atoms with Crippen molar-refractivity contribution in [1.82, 2.24) is 14.8 Å². The third kappa shape index (κ3) is 3.27. The molecule has 0 unspecified atom stereocenters. The maximum absolute atomic E-state index is 13.1. The van der Waals surface area contributed by atoms with Crippen molar-refractivity contribution in [3.8, 4) is 0 Å². The molecule has 156 valence electrons. The van der Waals surface area contributed by atoms with Gasteiger partial charge >= 0.3 is 6.09 Å². The lowest BCUT2D eigenvalue weighted by atomic mass is 9.89. The van der Waals surface area contributed by atoms with Crippen molar-refractivity contribution >= 4 is 29.4 Å². The number of nitrogens with zero attached hydrogens (tertiary/aromatic N) is 3. The number of pyridine rings is 1. The van der Waals surface area contributed by atoms with E-state index in [1.54, 1.807) is 16.0 Å². The van der Waals surface area contributed by atoms with Crippen LogP contribution in [-0.2, 0) is 16.7 Å². The lowest BCUT2D eigenvalue weighted by molar-refractivity contribution is 0.0779. The zero-order chi connectivity index (χ0) is 20.9. The number of halogens is 1. The number of benzene rings is 1. The second kappa shape index (κ2) is 7.16. The number of aromatic nitrogens is 1. The monoisotopic (exact) mass is 426 g/mol. The summed E-state index contributed by atoms with van der Waals surface area (Å²) < 4.78 is 5.03. The van der Waals surface area contributed by atoms with Crippen molar-refractivity contribution in [2.24, 2.45) is 0 Å². The first-order valence-corrected chi connectivity index (χ1v) is 10.6. The largest absolute Gasteiger partial charge is 0.448 e. The van der Waals surface area contributed by atoms with E-state index < -0.39 is 0 Å². The van der Waals surface area contributed by atoms with Gasteiger partial charge in [-0.3, -0.25) is 9.69 Å². The minimum atomic E-state index is -0.295. The van der Waals surface area contributed by atoms with Crippen LogP contribution in [0.15, 0.2) is 36.5 Å². The summed E-state index contributed by atoms with van der Waals surface area (Å²) >= 11 is 6.03. The summed E-state index contributed by atoms with van der Waals surface area (Å²) in [5, 5.41) is 4.20. The molecule has 2 fully saturated rings. The number of amides is 2. The van der Waals surface area contributed by atoms with Gasteiger partial charge < -0.3 is 15.0 Å². The predicted molar refractivity (Wildman–Crippen MR) is 113 cm³/mol. The second-order valence-corrected chi connectivity index (χ2v) is 8.81. The Kier molecular flexibility index (Phi) is 4.58. The Morgan fingerprint density at radius 2 is 2.10 bits per heavy atom. The van der Waals surface area contributed by atoms with E-state index >= 15 is 0 Å². The van der Waals surface area contributed by atoms with Crippen molar-refractivity contribution < 1.29 is 14.3 Å². The van der Waals surface area contributed by atoms with Gasteiger partial charge in [0.2, 0.25) is 0 Å². The number of fused-ring (bicyclic) bond motifs is 1. The quantitative estimate of drug-likeness (QED) is 0.815. The highest BCUT2D eigenvalue weighted by molar-refractivity contribution is 6.30. The molecule has 0 saturated carbocycles. The zero-order valence-electron chi connectivity index (χ0n) is 16.7. The van der Waals surface area contributed by atoms with Crippen LogP contribution in [0.3, 0.4) is 0 Å². The molecule has 2 amide bonds. The van der Waals surface area contributed by atoms with E-state index in [0.29, 0.717) is 36.8 Å². The number of anilines is 1. The number of ether oxygens (including phenoxy) is 1. The molecule has 2 aromatic rings. The van der Waals surface area contributed by atoms with E-state index in [4.69, 9.17) is 16.3 Å². The molecule has 0 spiro atoms. The maximum Gasteiger partial charge on any atom is 0.410 e. The van der Waals surface area contributed by atoms with Gasteiger partial charge in [-0.1, -0.05) is 23.7 Å². The van der Waals surface area contributed by atoms with Gasteiger partial charge in [-0.05, 0) is 42.7 Å². The number of hydrogen-bond donors (Lipinski definition) is 1. The smallest absolute Gasteiger partial charge is 0.410 e. The van der Waals surface area contributed by atoms with Gasteiger partial charge in [0.15, 0.2) is 0 Å². The standard InChI is InChI=1S/C22H23ClN4O3/c1-22(16-2-4-17(23)5-3-16)11-14-10-15(12-24-19(14)25-22)20(28)26-7-6-18(13-26)27-8-9-30-21(27)29/h2-5,10,12,18H,6-9,11,13H2,1H3,(H,24,25)/t18-,22-/m0/s1. The fourth-order valence-electron chi connectivity index (χ4n) is 4.65. The van der Waals surface area contributed by atoms with Gasteiger partial charge in [0, 0.05) is 30.7 Å². The van der Waals surface area contributed by atoms with Crippen molar-refractivity contribution in [1.29, 1.82) is 0 Å². The molecule has 1 aromatic carbocycles. The first-order chi connectivity index (χ1) is 14.4. The first-order valence-electron chi connectivity index (χ1n) is 10.2. The van der Waals surface area contributed by atoms with Gasteiger partial charge in [0.25, 0.3) is 5.91 Å². The average molecular weight is 427 g/mol. The highest BCUT2D eigenvalue weighted by atomic mass is 35.5. The lowest BCUT2D eigenvalue weighted by Gasteiger charge is -2.25. The number of carbonyl (C=O) groups is 2. The number of nitrogens with one attached hydrogen (secondary N) is 1. The highest BCUT2D eigenvalue weighted by Crippen LogP contribution is 2.38. The Morgan fingerprint density at radius 1 is 1.30 bits per heavy atom. The molecule has 0 bridgehead atoms. The molecule has 4 heterocycles. The summed E-state index contributed by atoms with van der Waals surface area (Å²) in [4.78, 5) is 32.9. The fraction of sp³-hybridized carbons (Fsp3) is 0.409. The summed E-state index contributed by atoms with van der Waals surface area (Å²) in [6.07, 6.45) is 2.87. The van der Waals surface area contributed by atoms with E-state index in [0.717, 1.165) is 29.8 Å². The maximum atomic E-state index is 13.1. The van der Waals surface area contributed by atoms with E-state index in [-0.39, 0.29) is 23.6 Å². The first kappa shape index (κ1) is 19.2. The predicted octanol–water partition coefficient (Wildman–Crippen LogP) is 3.29. The number of rotatable bonds is 3. The molecule has 8 heteroatoms. The van der Waals surface area contributed by atoms with Crippen LogP contribution in [0.25, 0.3) is 0 Å². The minimum absolute atomic E-state index is 0.0289. The SMILES string of the molecule is C[C@@]1(c2ccc(Cl)cc2)Cc2cc(C(=O)N3CC[C@H](N4CCOC4=O)C3)cnc2N1. The summed E-state index contributed by atoms with van der Waals surface area (Å²) in [6, 6.07) is 9.77. The van der Waals surface area contributed by atoms with Crippen LogP contribution in [0, 0.1) is 0 Å². The zero-order valence-corrected chi connectivity index (χ0v) is 17.5. The van der Waals surface area contributed by atoms with Crippen LogP contribution < -0.4 is 5.32 Å². The summed E-state index contributed by atoms with van der Waals surface area (Å²) in [6.45, 7) is 4.31. The van der Waals surface area contributed by atoms with E-state index in [2.05, 4.69) is 17.2 Å². The van der Waals surface area contributed by atoms with Crippen LogP contribution in [0.2, 0.25) is 5.02 Å². The highest BCUT2D eigenvalue weighted by Gasteiger charge is 2.38. The summed E-state index contributed by atoms with van der Waals surface area (Å²) in [5.74, 6) is 0.767. The fourth-order valence-corrected chi connectivity index (χ4v) is 4.78. The molecule has 2 saturated heterocycles. The van der Waals surface area contributed by atoms with Gasteiger partial charge in [-0.25, -0.2) is 9.78 Å². The Morgan fingerprint density at radius 3 is 2.83 bits per heavy atom. The number of likely N-dealkylation sites (tertiary alicyclic amines) is 1. The van der Waals surface area contributed by atoms with Gasteiger partial charge in [0.05, 0.1) is 23.7 Å². The normalized spacial score (nSPS) is 25.3. The van der Waals surface area contributed by atoms with Crippen molar-refractivity contribution in [2.75, 3.05) is 31.6 Å². The number of hydrogen-bond acceptors (Lipinski definition) is 5. The third-order valence-corrected chi connectivity index (χ3v) is 6.57. The van der Waals surface area contributed by atoms with Gasteiger partial charge in [0.1, 0.15) is 12.4 Å². The van der Waals surface area contributed by atoms with E-state index in [9.17, 15) is 9.59 Å². The van der Waals surface area contributed by atoms with Crippen molar-refractivity contribution in [2.45, 2.75) is 31.3 Å². The molecule has 1 aromatic heterocycles. The van der Waals surface area contributed by atoms with Crippen molar-refractivity contribution in [3.05, 3.63) is 58.2 Å². The molecular formula is C22H23ClN4O3. The Labute approximate surface area is 180 Å². The molecule has 7 nitrogen and oxygen atoms in total. The molecule has 0 aliphatic carbocycles. The second-order valence-electron chi connectivity index (χ2n) is 8.37. The number of cyclic esters (lactones) is 1. The van der Waals surface area contributed by atoms with Gasteiger partial charge in [-0.2, -0.15) is 0 Å². The Hall–Kier alpha value is -2.80. The summed E-state index contributed by atoms with van der Waals surface area (Å²) in [5.41, 5.74) is 2.44. The van der Waals surface area contributed by atoms with E-state index in [1.807, 2.05) is 30.3 Å². The molecule has 0 radical (unpaired) electrons. The van der Waals surface area contributed by atoms with E-state index in [1.165, 1.54) is 0 Å².